The van der Waals surface area contributed by atoms with Crippen LogP contribution in [0.3, 0.4) is 0 Å². The standard InChI is InChI=1S/C20H21BrN2O2/c21-17-8-4-7-16-18(17)22-14-20(16)9-11-23(12-10-20)19(24)25-13-15-5-2-1-3-6-15/h1-8,22H,9-14H2. The molecule has 0 atom stereocenters. The molecule has 130 valence electrons. The van der Waals surface area contributed by atoms with E-state index in [9.17, 15) is 4.79 Å². The lowest BCUT2D eigenvalue weighted by atomic mass is 9.74. The van der Waals surface area contributed by atoms with Crippen molar-refractivity contribution in [3.8, 4) is 0 Å². The van der Waals surface area contributed by atoms with E-state index in [4.69, 9.17) is 4.74 Å². The molecule has 0 unspecified atom stereocenters. The maximum atomic E-state index is 12.4. The number of rotatable bonds is 2. The van der Waals surface area contributed by atoms with E-state index in [1.165, 1.54) is 11.3 Å². The molecule has 2 heterocycles. The number of hydrogen-bond acceptors (Lipinski definition) is 3. The summed E-state index contributed by atoms with van der Waals surface area (Å²) in [6.07, 6.45) is 1.72. The second kappa shape index (κ2) is 6.71. The first kappa shape index (κ1) is 16.5. The van der Waals surface area contributed by atoms with E-state index in [1.54, 1.807) is 0 Å². The van der Waals surface area contributed by atoms with Gasteiger partial charge in [-0.25, -0.2) is 4.79 Å². The fraction of sp³-hybridized carbons (Fsp3) is 0.350. The third-order valence-corrected chi connectivity index (χ3v) is 6.03. The monoisotopic (exact) mass is 400 g/mol. The number of piperidine rings is 1. The van der Waals surface area contributed by atoms with Crippen molar-refractivity contribution in [3.05, 3.63) is 64.1 Å². The van der Waals surface area contributed by atoms with Crippen LogP contribution in [0, 0.1) is 0 Å². The second-order valence-electron chi connectivity index (χ2n) is 6.82. The average molecular weight is 401 g/mol. The lowest BCUT2D eigenvalue weighted by molar-refractivity contribution is 0.0794. The molecule has 0 saturated carbocycles. The van der Waals surface area contributed by atoms with Crippen LogP contribution >= 0.6 is 15.9 Å². The smallest absolute Gasteiger partial charge is 0.410 e. The molecule has 2 aromatic carbocycles. The predicted octanol–water partition coefficient (Wildman–Crippen LogP) is 4.55. The number of carbonyl (C=O) groups excluding carboxylic acids is 1. The van der Waals surface area contributed by atoms with Gasteiger partial charge < -0.3 is 15.0 Å². The molecule has 1 spiro atoms. The highest BCUT2D eigenvalue weighted by Gasteiger charge is 2.42. The Morgan fingerprint density at radius 1 is 1.12 bits per heavy atom. The number of carbonyl (C=O) groups is 1. The third-order valence-electron chi connectivity index (χ3n) is 5.37. The van der Waals surface area contributed by atoms with Crippen LogP contribution in [0.2, 0.25) is 0 Å². The van der Waals surface area contributed by atoms with E-state index in [2.05, 4.69) is 39.4 Å². The maximum absolute atomic E-state index is 12.4. The van der Waals surface area contributed by atoms with Crippen molar-refractivity contribution in [1.82, 2.24) is 4.90 Å². The second-order valence-corrected chi connectivity index (χ2v) is 7.68. The highest BCUT2D eigenvalue weighted by Crippen LogP contribution is 2.46. The van der Waals surface area contributed by atoms with Crippen molar-refractivity contribution in [3.63, 3.8) is 0 Å². The van der Waals surface area contributed by atoms with Gasteiger partial charge in [-0.1, -0.05) is 42.5 Å². The number of nitrogens with one attached hydrogen (secondary N) is 1. The molecule has 0 aromatic heterocycles. The van der Waals surface area contributed by atoms with Gasteiger partial charge >= 0.3 is 6.09 Å². The summed E-state index contributed by atoms with van der Waals surface area (Å²) in [5, 5.41) is 3.54. The molecule has 0 bridgehead atoms. The van der Waals surface area contributed by atoms with E-state index in [0.717, 1.165) is 42.5 Å². The highest BCUT2D eigenvalue weighted by atomic mass is 79.9. The van der Waals surface area contributed by atoms with Gasteiger partial charge in [0.25, 0.3) is 0 Å². The molecule has 1 N–H and O–H groups in total. The van der Waals surface area contributed by atoms with E-state index in [-0.39, 0.29) is 11.5 Å². The number of ether oxygens (including phenoxy) is 1. The molecule has 25 heavy (non-hydrogen) atoms. The van der Waals surface area contributed by atoms with Crippen molar-refractivity contribution in [2.45, 2.75) is 24.9 Å². The molecule has 2 aliphatic heterocycles. The number of hydrogen-bond donors (Lipinski definition) is 1. The third kappa shape index (κ3) is 3.13. The van der Waals surface area contributed by atoms with Gasteiger partial charge in [0.2, 0.25) is 0 Å². The molecule has 0 aliphatic carbocycles. The molecule has 4 nitrogen and oxygen atoms in total. The van der Waals surface area contributed by atoms with E-state index in [1.807, 2.05) is 35.2 Å². The molecule has 2 aliphatic rings. The molecule has 1 amide bonds. The predicted molar refractivity (Wildman–Crippen MR) is 102 cm³/mol. The summed E-state index contributed by atoms with van der Waals surface area (Å²) in [5.41, 5.74) is 3.74. The van der Waals surface area contributed by atoms with Gasteiger partial charge in [0.1, 0.15) is 6.61 Å². The number of benzene rings is 2. The zero-order valence-electron chi connectivity index (χ0n) is 14.0. The van der Waals surface area contributed by atoms with Crippen LogP contribution in [0.4, 0.5) is 10.5 Å². The number of anilines is 1. The molecular weight excluding hydrogens is 380 g/mol. The van der Waals surface area contributed by atoms with Gasteiger partial charge in [-0.3, -0.25) is 0 Å². The topological polar surface area (TPSA) is 41.6 Å². The van der Waals surface area contributed by atoms with Crippen LogP contribution in [-0.4, -0.2) is 30.6 Å². The number of likely N-dealkylation sites (tertiary alicyclic amines) is 1. The van der Waals surface area contributed by atoms with Crippen LogP contribution in [0.5, 0.6) is 0 Å². The number of amides is 1. The Labute approximate surface area is 156 Å². The first-order valence-electron chi connectivity index (χ1n) is 8.66. The Hall–Kier alpha value is -2.01. The van der Waals surface area contributed by atoms with Crippen molar-refractivity contribution in [1.29, 1.82) is 0 Å². The maximum Gasteiger partial charge on any atom is 0.410 e. The number of fused-ring (bicyclic) bond motifs is 2. The van der Waals surface area contributed by atoms with E-state index < -0.39 is 0 Å². The van der Waals surface area contributed by atoms with Gasteiger partial charge in [-0.05, 0) is 46.0 Å². The Morgan fingerprint density at radius 3 is 2.64 bits per heavy atom. The summed E-state index contributed by atoms with van der Waals surface area (Å²) in [6.45, 7) is 2.75. The Balaban J connectivity index is 1.38. The molecule has 1 fully saturated rings. The molecule has 5 heteroatoms. The SMILES string of the molecule is O=C(OCc1ccccc1)N1CCC2(CC1)CNc1c(Br)cccc12. The number of para-hydroxylation sites is 1. The minimum absolute atomic E-state index is 0.134. The van der Waals surface area contributed by atoms with Crippen molar-refractivity contribution >= 4 is 27.7 Å². The molecule has 0 radical (unpaired) electrons. The zero-order chi connectivity index (χ0) is 17.3. The first-order valence-corrected chi connectivity index (χ1v) is 9.46. The summed E-state index contributed by atoms with van der Waals surface area (Å²) in [6, 6.07) is 16.2. The summed E-state index contributed by atoms with van der Waals surface area (Å²) < 4.78 is 6.59. The summed E-state index contributed by atoms with van der Waals surface area (Å²) >= 11 is 3.63. The van der Waals surface area contributed by atoms with Crippen molar-refractivity contribution in [2.75, 3.05) is 25.0 Å². The summed E-state index contributed by atoms with van der Waals surface area (Å²) in [4.78, 5) is 14.2. The van der Waals surface area contributed by atoms with Crippen LogP contribution < -0.4 is 5.32 Å². The van der Waals surface area contributed by atoms with Crippen molar-refractivity contribution < 1.29 is 9.53 Å². The van der Waals surface area contributed by atoms with E-state index >= 15 is 0 Å². The lowest BCUT2D eigenvalue weighted by Crippen LogP contribution is -2.46. The fourth-order valence-corrected chi connectivity index (χ4v) is 4.38. The average Bonchev–Trinajstić information content (AvgIpc) is 3.01. The zero-order valence-corrected chi connectivity index (χ0v) is 15.6. The van der Waals surface area contributed by atoms with Crippen LogP contribution in [0.15, 0.2) is 53.0 Å². The normalized spacial score (nSPS) is 17.9. The van der Waals surface area contributed by atoms with Gasteiger partial charge in [-0.15, -0.1) is 0 Å². The van der Waals surface area contributed by atoms with Crippen LogP contribution in [-0.2, 0) is 16.8 Å². The van der Waals surface area contributed by atoms with Gasteiger partial charge in [0, 0.05) is 29.5 Å². The minimum atomic E-state index is -0.209. The summed E-state index contributed by atoms with van der Waals surface area (Å²) in [5.74, 6) is 0. The Kier molecular flexibility index (Phi) is 4.42. The summed E-state index contributed by atoms with van der Waals surface area (Å²) in [7, 11) is 0. The van der Waals surface area contributed by atoms with Crippen molar-refractivity contribution in [2.24, 2.45) is 0 Å². The molecule has 1 saturated heterocycles. The van der Waals surface area contributed by atoms with E-state index in [0.29, 0.717) is 6.61 Å². The highest BCUT2D eigenvalue weighted by molar-refractivity contribution is 9.10. The first-order chi connectivity index (χ1) is 12.2. The minimum Gasteiger partial charge on any atom is -0.445 e. The quantitative estimate of drug-likeness (QED) is 0.803. The van der Waals surface area contributed by atoms with Crippen LogP contribution in [0.25, 0.3) is 0 Å². The van der Waals surface area contributed by atoms with Gasteiger partial charge in [-0.2, -0.15) is 0 Å². The molecular formula is C20H21BrN2O2. The molecule has 4 rings (SSSR count). The van der Waals surface area contributed by atoms with Crippen LogP contribution in [0.1, 0.15) is 24.0 Å². The Bertz CT molecular complexity index is 771. The number of halogens is 1. The van der Waals surface area contributed by atoms with Gasteiger partial charge in [0.15, 0.2) is 0 Å². The largest absolute Gasteiger partial charge is 0.445 e. The Morgan fingerprint density at radius 2 is 1.88 bits per heavy atom. The number of nitrogens with zero attached hydrogens (tertiary/aromatic N) is 1. The molecule has 2 aromatic rings. The van der Waals surface area contributed by atoms with Gasteiger partial charge in [0.05, 0.1) is 5.69 Å². The fourth-order valence-electron chi connectivity index (χ4n) is 3.87. The lowest BCUT2D eigenvalue weighted by Gasteiger charge is -2.38.